The second-order valence-corrected chi connectivity index (χ2v) is 4.49. The van der Waals surface area contributed by atoms with Gasteiger partial charge in [-0.05, 0) is 24.3 Å². The van der Waals surface area contributed by atoms with Crippen LogP contribution in [0.5, 0.6) is 5.75 Å². The average Bonchev–Trinajstić information content (AvgIpc) is 2.85. The second-order valence-electron chi connectivity index (χ2n) is 4.49. The van der Waals surface area contributed by atoms with Crippen LogP contribution in [-0.2, 0) is 11.3 Å². The van der Waals surface area contributed by atoms with Crippen LogP contribution in [0.1, 0.15) is 0 Å². The Labute approximate surface area is 114 Å². The number of amides is 1. The Morgan fingerprint density at radius 3 is 2.90 bits per heavy atom. The van der Waals surface area contributed by atoms with Gasteiger partial charge in [-0.1, -0.05) is 0 Å². The van der Waals surface area contributed by atoms with Crippen LogP contribution >= 0.6 is 0 Å². The molecule has 2 heterocycles. The third-order valence-corrected chi connectivity index (χ3v) is 2.95. The van der Waals surface area contributed by atoms with Crippen molar-refractivity contribution in [3.8, 4) is 16.9 Å². The molecule has 3 N–H and O–H groups in total. The molecule has 2 aromatic heterocycles. The lowest BCUT2D eigenvalue weighted by Crippen LogP contribution is -2.18. The highest BCUT2D eigenvalue weighted by molar-refractivity contribution is 5.84. The predicted molar refractivity (Wildman–Crippen MR) is 73.8 cm³/mol. The van der Waals surface area contributed by atoms with Crippen molar-refractivity contribution in [1.82, 2.24) is 14.8 Å². The lowest BCUT2D eigenvalue weighted by molar-refractivity contribution is -0.118. The van der Waals surface area contributed by atoms with Crippen LogP contribution in [0.4, 0.5) is 0 Å². The SMILES string of the molecule is NC(=O)Cn1cc(-c2cnc3ccc(O)cc3c2)cn1. The Morgan fingerprint density at radius 2 is 2.10 bits per heavy atom. The number of carbonyl (C=O) groups is 1. The molecule has 0 aliphatic rings. The number of benzene rings is 1. The average molecular weight is 268 g/mol. The van der Waals surface area contributed by atoms with Gasteiger partial charge in [-0.25, -0.2) is 0 Å². The Kier molecular flexibility index (Phi) is 2.83. The third-order valence-electron chi connectivity index (χ3n) is 2.95. The standard InChI is InChI=1S/C14H12N4O2/c15-14(20)8-18-7-11(6-17-18)10-3-9-4-12(19)1-2-13(9)16-5-10/h1-7,19H,8H2,(H2,15,20). The van der Waals surface area contributed by atoms with Gasteiger partial charge < -0.3 is 10.8 Å². The smallest absolute Gasteiger partial charge is 0.239 e. The number of aromatic nitrogens is 3. The minimum absolute atomic E-state index is 0.0435. The highest BCUT2D eigenvalue weighted by Gasteiger charge is 2.06. The normalized spacial score (nSPS) is 10.8. The number of aromatic hydroxyl groups is 1. The van der Waals surface area contributed by atoms with E-state index in [1.807, 2.05) is 6.07 Å². The number of hydrogen-bond acceptors (Lipinski definition) is 4. The topological polar surface area (TPSA) is 94.0 Å². The Morgan fingerprint density at radius 1 is 1.25 bits per heavy atom. The minimum Gasteiger partial charge on any atom is -0.508 e. The van der Waals surface area contributed by atoms with E-state index >= 15 is 0 Å². The van der Waals surface area contributed by atoms with E-state index in [-0.39, 0.29) is 12.3 Å². The first-order valence-corrected chi connectivity index (χ1v) is 6.02. The fraction of sp³-hybridized carbons (Fsp3) is 0.0714. The molecule has 100 valence electrons. The second kappa shape index (κ2) is 4.65. The largest absolute Gasteiger partial charge is 0.508 e. The molecule has 6 heteroatoms. The number of rotatable bonds is 3. The molecule has 0 saturated carbocycles. The minimum atomic E-state index is -0.443. The van der Waals surface area contributed by atoms with Crippen molar-refractivity contribution in [2.45, 2.75) is 6.54 Å². The van der Waals surface area contributed by atoms with Crippen LogP contribution in [0.2, 0.25) is 0 Å². The first kappa shape index (κ1) is 12.2. The Bertz CT molecular complexity index is 795. The molecule has 0 bridgehead atoms. The maximum absolute atomic E-state index is 10.8. The molecule has 1 amide bonds. The van der Waals surface area contributed by atoms with Gasteiger partial charge >= 0.3 is 0 Å². The van der Waals surface area contributed by atoms with Crippen molar-refractivity contribution in [2.75, 3.05) is 0 Å². The van der Waals surface area contributed by atoms with E-state index in [9.17, 15) is 9.90 Å². The van der Waals surface area contributed by atoms with E-state index in [0.717, 1.165) is 22.0 Å². The molecule has 6 nitrogen and oxygen atoms in total. The van der Waals surface area contributed by atoms with Crippen molar-refractivity contribution in [2.24, 2.45) is 5.73 Å². The van der Waals surface area contributed by atoms with Crippen molar-refractivity contribution in [3.63, 3.8) is 0 Å². The van der Waals surface area contributed by atoms with Gasteiger partial charge in [0.05, 0.1) is 11.7 Å². The number of carbonyl (C=O) groups excluding carboxylic acids is 1. The van der Waals surface area contributed by atoms with Gasteiger partial charge in [-0.15, -0.1) is 0 Å². The van der Waals surface area contributed by atoms with E-state index in [1.54, 1.807) is 36.8 Å². The van der Waals surface area contributed by atoms with Gasteiger partial charge in [0.2, 0.25) is 5.91 Å². The van der Waals surface area contributed by atoms with E-state index in [1.165, 1.54) is 4.68 Å². The van der Waals surface area contributed by atoms with Crippen molar-refractivity contribution >= 4 is 16.8 Å². The number of primary amides is 1. The number of fused-ring (bicyclic) bond motifs is 1. The number of phenolic OH excluding ortho intramolecular Hbond substituents is 1. The van der Waals surface area contributed by atoms with Gasteiger partial charge in [-0.2, -0.15) is 5.10 Å². The zero-order chi connectivity index (χ0) is 14.1. The lowest BCUT2D eigenvalue weighted by atomic mass is 10.1. The molecule has 1 aromatic carbocycles. The number of pyridine rings is 1. The molecule has 0 unspecified atom stereocenters. The number of nitrogens with zero attached hydrogens (tertiary/aromatic N) is 3. The Balaban J connectivity index is 2.01. The fourth-order valence-corrected chi connectivity index (χ4v) is 2.04. The van der Waals surface area contributed by atoms with Crippen molar-refractivity contribution in [1.29, 1.82) is 0 Å². The highest BCUT2D eigenvalue weighted by Crippen LogP contribution is 2.24. The molecule has 0 aliphatic carbocycles. The molecule has 0 atom stereocenters. The van der Waals surface area contributed by atoms with Gasteiger partial charge in [0.15, 0.2) is 0 Å². The maximum Gasteiger partial charge on any atom is 0.239 e. The summed E-state index contributed by atoms with van der Waals surface area (Å²) in [4.78, 5) is 15.2. The van der Waals surface area contributed by atoms with Crippen molar-refractivity contribution in [3.05, 3.63) is 42.9 Å². The summed E-state index contributed by atoms with van der Waals surface area (Å²) >= 11 is 0. The number of nitrogens with two attached hydrogens (primary N) is 1. The summed E-state index contributed by atoms with van der Waals surface area (Å²) in [6.07, 6.45) is 5.11. The van der Waals surface area contributed by atoms with E-state index in [0.29, 0.717) is 0 Å². The number of hydrogen-bond donors (Lipinski definition) is 2. The van der Waals surface area contributed by atoms with Gasteiger partial charge in [-0.3, -0.25) is 14.5 Å². The fourth-order valence-electron chi connectivity index (χ4n) is 2.04. The van der Waals surface area contributed by atoms with Crippen molar-refractivity contribution < 1.29 is 9.90 Å². The summed E-state index contributed by atoms with van der Waals surface area (Å²) < 4.78 is 1.48. The summed E-state index contributed by atoms with van der Waals surface area (Å²) in [5, 5.41) is 14.4. The summed E-state index contributed by atoms with van der Waals surface area (Å²) in [7, 11) is 0. The Hall–Kier alpha value is -2.89. The zero-order valence-corrected chi connectivity index (χ0v) is 10.5. The van der Waals surface area contributed by atoms with E-state index in [4.69, 9.17) is 5.73 Å². The molecule has 0 saturated heterocycles. The summed E-state index contributed by atoms with van der Waals surface area (Å²) in [5.74, 6) is -0.248. The lowest BCUT2D eigenvalue weighted by Gasteiger charge is -2.01. The van der Waals surface area contributed by atoms with Gasteiger partial charge in [0.1, 0.15) is 12.3 Å². The maximum atomic E-state index is 10.8. The molecular weight excluding hydrogens is 256 g/mol. The predicted octanol–water partition coefficient (Wildman–Crippen LogP) is 1.29. The summed E-state index contributed by atoms with van der Waals surface area (Å²) in [6, 6.07) is 6.91. The zero-order valence-electron chi connectivity index (χ0n) is 10.5. The molecular formula is C14H12N4O2. The first-order valence-electron chi connectivity index (χ1n) is 6.02. The number of phenols is 1. The molecule has 0 spiro atoms. The third kappa shape index (κ3) is 2.31. The van der Waals surface area contributed by atoms with Gasteiger partial charge in [0.25, 0.3) is 0 Å². The first-order chi connectivity index (χ1) is 9.61. The van der Waals surface area contributed by atoms with Gasteiger partial charge in [0, 0.05) is 28.9 Å². The van der Waals surface area contributed by atoms with E-state index in [2.05, 4.69) is 10.1 Å². The summed E-state index contributed by atoms with van der Waals surface area (Å²) in [6.45, 7) is 0.0435. The highest BCUT2D eigenvalue weighted by atomic mass is 16.3. The molecule has 20 heavy (non-hydrogen) atoms. The molecule has 0 fully saturated rings. The van der Waals surface area contributed by atoms with E-state index < -0.39 is 5.91 Å². The molecule has 3 rings (SSSR count). The van der Waals surface area contributed by atoms with Crippen LogP contribution < -0.4 is 5.73 Å². The molecule has 0 aliphatic heterocycles. The molecule has 0 radical (unpaired) electrons. The quantitative estimate of drug-likeness (QED) is 0.748. The van der Waals surface area contributed by atoms with Crippen LogP contribution in [0.15, 0.2) is 42.9 Å². The van der Waals surface area contributed by atoms with Crippen LogP contribution in [-0.4, -0.2) is 25.8 Å². The summed E-state index contributed by atoms with van der Waals surface area (Å²) in [5.41, 5.74) is 7.62. The molecule has 3 aromatic rings. The monoisotopic (exact) mass is 268 g/mol. The van der Waals surface area contributed by atoms with Crippen LogP contribution in [0.25, 0.3) is 22.0 Å². The van der Waals surface area contributed by atoms with Crippen LogP contribution in [0.3, 0.4) is 0 Å². The van der Waals surface area contributed by atoms with Crippen LogP contribution in [0, 0.1) is 0 Å².